The van der Waals surface area contributed by atoms with Crippen molar-refractivity contribution in [2.24, 2.45) is 5.92 Å². The van der Waals surface area contributed by atoms with E-state index in [0.717, 1.165) is 60.9 Å². The smallest absolute Gasteiger partial charge is 0.225 e. The zero-order valence-corrected chi connectivity index (χ0v) is 15.1. The molecule has 0 aliphatic carbocycles. The minimum absolute atomic E-state index is 0.799. The topological polar surface area (TPSA) is 58.0 Å². The molecule has 0 N–H and O–H groups in total. The fourth-order valence-electron chi connectivity index (χ4n) is 3.64. The first kappa shape index (κ1) is 16.2. The van der Waals surface area contributed by atoms with Crippen molar-refractivity contribution < 1.29 is 0 Å². The largest absolute Gasteiger partial charge is 0.341 e. The van der Waals surface area contributed by atoms with E-state index in [0.29, 0.717) is 0 Å². The van der Waals surface area contributed by atoms with Gasteiger partial charge in [0.1, 0.15) is 0 Å². The maximum absolute atomic E-state index is 4.80. The molecule has 6 heteroatoms. The SMILES string of the molecule is Cc1nc(N2CCCC2)ncc1-c1ccnc(N2CCC(C)CC2)n1. The minimum Gasteiger partial charge on any atom is -0.341 e. The van der Waals surface area contributed by atoms with Gasteiger partial charge < -0.3 is 9.80 Å². The molecule has 0 atom stereocenters. The van der Waals surface area contributed by atoms with E-state index in [-0.39, 0.29) is 0 Å². The van der Waals surface area contributed by atoms with Crippen molar-refractivity contribution in [1.29, 1.82) is 0 Å². The van der Waals surface area contributed by atoms with Gasteiger partial charge in [-0.3, -0.25) is 0 Å². The van der Waals surface area contributed by atoms with E-state index < -0.39 is 0 Å². The Morgan fingerprint density at radius 2 is 1.60 bits per heavy atom. The summed E-state index contributed by atoms with van der Waals surface area (Å²) in [6.45, 7) is 8.55. The highest BCUT2D eigenvalue weighted by molar-refractivity contribution is 5.62. The lowest BCUT2D eigenvalue weighted by Crippen LogP contribution is -2.34. The van der Waals surface area contributed by atoms with Crippen LogP contribution in [-0.2, 0) is 0 Å². The van der Waals surface area contributed by atoms with Gasteiger partial charge in [0.2, 0.25) is 11.9 Å². The molecule has 0 bridgehead atoms. The predicted molar refractivity (Wildman–Crippen MR) is 99.9 cm³/mol. The maximum atomic E-state index is 4.80. The van der Waals surface area contributed by atoms with Gasteiger partial charge in [0, 0.05) is 44.1 Å². The Balaban J connectivity index is 1.58. The van der Waals surface area contributed by atoms with Crippen LogP contribution < -0.4 is 9.80 Å². The molecule has 2 aliphatic heterocycles. The number of anilines is 2. The highest BCUT2D eigenvalue weighted by Gasteiger charge is 2.20. The molecule has 0 aromatic carbocycles. The number of aromatic nitrogens is 4. The number of nitrogens with zero attached hydrogens (tertiary/aromatic N) is 6. The van der Waals surface area contributed by atoms with Gasteiger partial charge in [-0.25, -0.2) is 19.9 Å². The molecular weight excluding hydrogens is 312 g/mol. The van der Waals surface area contributed by atoms with Crippen molar-refractivity contribution in [2.75, 3.05) is 36.0 Å². The summed E-state index contributed by atoms with van der Waals surface area (Å²) >= 11 is 0. The summed E-state index contributed by atoms with van der Waals surface area (Å²) in [6, 6.07) is 1.96. The Bertz CT molecular complexity index is 732. The van der Waals surface area contributed by atoms with Gasteiger partial charge in [-0.2, -0.15) is 0 Å². The zero-order valence-electron chi connectivity index (χ0n) is 15.1. The Morgan fingerprint density at radius 3 is 2.32 bits per heavy atom. The summed E-state index contributed by atoms with van der Waals surface area (Å²) in [5.74, 6) is 2.47. The molecule has 0 amide bonds. The molecule has 2 aromatic heterocycles. The number of piperidine rings is 1. The lowest BCUT2D eigenvalue weighted by molar-refractivity contribution is 0.434. The first-order valence-corrected chi connectivity index (χ1v) is 9.37. The van der Waals surface area contributed by atoms with Crippen LogP contribution in [0.3, 0.4) is 0 Å². The van der Waals surface area contributed by atoms with Crippen LogP contribution in [0, 0.1) is 12.8 Å². The maximum Gasteiger partial charge on any atom is 0.225 e. The molecule has 6 nitrogen and oxygen atoms in total. The third kappa shape index (κ3) is 3.43. The van der Waals surface area contributed by atoms with E-state index >= 15 is 0 Å². The van der Waals surface area contributed by atoms with E-state index in [1.165, 1.54) is 25.7 Å². The van der Waals surface area contributed by atoms with Crippen molar-refractivity contribution >= 4 is 11.9 Å². The van der Waals surface area contributed by atoms with Gasteiger partial charge in [-0.1, -0.05) is 6.92 Å². The quantitative estimate of drug-likeness (QED) is 0.857. The summed E-state index contributed by atoms with van der Waals surface area (Å²) in [5.41, 5.74) is 2.89. The molecule has 2 fully saturated rings. The highest BCUT2D eigenvalue weighted by Crippen LogP contribution is 2.25. The van der Waals surface area contributed by atoms with Crippen molar-refractivity contribution in [1.82, 2.24) is 19.9 Å². The van der Waals surface area contributed by atoms with Gasteiger partial charge in [-0.05, 0) is 44.6 Å². The molecule has 132 valence electrons. The van der Waals surface area contributed by atoms with Crippen molar-refractivity contribution in [3.8, 4) is 11.3 Å². The molecule has 0 radical (unpaired) electrons. The molecule has 0 saturated carbocycles. The molecule has 0 unspecified atom stereocenters. The Labute approximate surface area is 149 Å². The lowest BCUT2D eigenvalue weighted by Gasteiger charge is -2.30. The number of hydrogen-bond acceptors (Lipinski definition) is 6. The second-order valence-electron chi connectivity index (χ2n) is 7.27. The Morgan fingerprint density at radius 1 is 0.920 bits per heavy atom. The summed E-state index contributed by atoms with van der Waals surface area (Å²) in [7, 11) is 0. The second kappa shape index (κ2) is 6.94. The van der Waals surface area contributed by atoms with Gasteiger partial charge in [0.25, 0.3) is 0 Å². The van der Waals surface area contributed by atoms with Crippen LogP contribution in [0.1, 0.15) is 38.3 Å². The van der Waals surface area contributed by atoms with E-state index in [4.69, 9.17) is 9.97 Å². The molecule has 2 saturated heterocycles. The Hall–Kier alpha value is -2.24. The molecule has 25 heavy (non-hydrogen) atoms. The lowest BCUT2D eigenvalue weighted by atomic mass is 10.00. The standard InChI is InChI=1S/C19H26N6/c1-14-6-11-25(12-7-14)18-20-8-5-17(23-18)16-13-21-19(22-15(16)2)24-9-3-4-10-24/h5,8,13-14H,3-4,6-7,9-12H2,1-2H3. The van der Waals surface area contributed by atoms with Crippen LogP contribution in [0.15, 0.2) is 18.5 Å². The van der Waals surface area contributed by atoms with E-state index in [1.807, 2.05) is 25.4 Å². The molecule has 4 rings (SSSR count). The molecular formula is C19H26N6. The number of hydrogen-bond donors (Lipinski definition) is 0. The van der Waals surface area contributed by atoms with Gasteiger partial charge in [-0.15, -0.1) is 0 Å². The number of rotatable bonds is 3. The van der Waals surface area contributed by atoms with Crippen LogP contribution in [0.25, 0.3) is 11.3 Å². The zero-order chi connectivity index (χ0) is 17.2. The summed E-state index contributed by atoms with van der Waals surface area (Å²) < 4.78 is 0. The summed E-state index contributed by atoms with van der Waals surface area (Å²) in [5, 5.41) is 0. The fourth-order valence-corrected chi connectivity index (χ4v) is 3.64. The van der Waals surface area contributed by atoms with Crippen LogP contribution in [0.4, 0.5) is 11.9 Å². The van der Waals surface area contributed by atoms with Gasteiger partial charge in [0.15, 0.2) is 0 Å². The van der Waals surface area contributed by atoms with Crippen LogP contribution >= 0.6 is 0 Å². The number of aryl methyl sites for hydroxylation is 1. The second-order valence-corrected chi connectivity index (χ2v) is 7.27. The Kier molecular flexibility index (Phi) is 4.51. The normalized spacial score (nSPS) is 18.8. The molecule has 2 aliphatic rings. The summed E-state index contributed by atoms with van der Waals surface area (Å²) in [6.07, 6.45) is 8.65. The monoisotopic (exact) mass is 338 g/mol. The average Bonchev–Trinajstić information content (AvgIpc) is 3.17. The average molecular weight is 338 g/mol. The highest BCUT2D eigenvalue weighted by atomic mass is 15.3. The van der Waals surface area contributed by atoms with Crippen LogP contribution in [-0.4, -0.2) is 46.1 Å². The van der Waals surface area contributed by atoms with E-state index in [1.54, 1.807) is 0 Å². The first-order valence-electron chi connectivity index (χ1n) is 9.37. The fraction of sp³-hybridized carbons (Fsp3) is 0.579. The predicted octanol–water partition coefficient (Wildman–Crippen LogP) is 3.08. The molecule has 4 heterocycles. The van der Waals surface area contributed by atoms with Gasteiger partial charge in [0.05, 0.1) is 11.4 Å². The minimum atomic E-state index is 0.799. The van der Waals surface area contributed by atoms with E-state index in [9.17, 15) is 0 Å². The summed E-state index contributed by atoms with van der Waals surface area (Å²) in [4.78, 5) is 23.2. The third-order valence-corrected chi connectivity index (χ3v) is 5.34. The van der Waals surface area contributed by atoms with Crippen molar-refractivity contribution in [2.45, 2.75) is 39.5 Å². The van der Waals surface area contributed by atoms with Crippen molar-refractivity contribution in [3.05, 3.63) is 24.2 Å². The third-order valence-electron chi connectivity index (χ3n) is 5.34. The molecule has 2 aromatic rings. The van der Waals surface area contributed by atoms with E-state index in [2.05, 4.69) is 26.7 Å². The first-order chi connectivity index (χ1) is 12.2. The van der Waals surface area contributed by atoms with Crippen LogP contribution in [0.2, 0.25) is 0 Å². The van der Waals surface area contributed by atoms with Gasteiger partial charge >= 0.3 is 0 Å². The van der Waals surface area contributed by atoms with Crippen LogP contribution in [0.5, 0.6) is 0 Å². The van der Waals surface area contributed by atoms with Crippen molar-refractivity contribution in [3.63, 3.8) is 0 Å². The molecule has 0 spiro atoms.